The van der Waals surface area contributed by atoms with Crippen LogP contribution in [0.15, 0.2) is 66.7 Å². The predicted molar refractivity (Wildman–Crippen MR) is 164 cm³/mol. The molecule has 0 saturated heterocycles. The van der Waals surface area contributed by atoms with Gasteiger partial charge in [0.05, 0.1) is 11.0 Å². The highest BCUT2D eigenvalue weighted by Crippen LogP contribution is 2.31. The number of unbranched alkanes of at least 4 members (excludes halogenated alkanes) is 3. The molecule has 212 valence electrons. The van der Waals surface area contributed by atoms with Crippen molar-refractivity contribution >= 4 is 22.9 Å². The average molecular weight is 542 g/mol. The fourth-order valence-corrected chi connectivity index (χ4v) is 4.73. The second-order valence-electron chi connectivity index (χ2n) is 11.3. The van der Waals surface area contributed by atoms with Crippen LogP contribution < -0.4 is 10.1 Å². The highest BCUT2D eigenvalue weighted by Gasteiger charge is 2.19. The molecule has 0 aliphatic heterocycles. The molecule has 1 N–H and O–H groups in total. The molecule has 0 saturated carbocycles. The molecule has 0 bridgehead atoms. The SMILES string of the molecule is CCCCCNc1ccc2c(c1)nc(CCCC)n2Cc1ccc(-c2ccccc2OC(=O)OC(C)(C)C)cc1. The van der Waals surface area contributed by atoms with Gasteiger partial charge in [-0.2, -0.15) is 0 Å². The molecule has 4 rings (SSSR count). The van der Waals surface area contributed by atoms with E-state index < -0.39 is 11.8 Å². The molecule has 0 aliphatic rings. The topological polar surface area (TPSA) is 65.4 Å². The molecule has 6 heteroatoms. The van der Waals surface area contributed by atoms with Gasteiger partial charge < -0.3 is 19.4 Å². The Kier molecular flexibility index (Phi) is 9.86. The van der Waals surface area contributed by atoms with Gasteiger partial charge in [0.2, 0.25) is 0 Å². The number of nitrogens with one attached hydrogen (secondary N) is 1. The fraction of sp³-hybridized carbons (Fsp3) is 0.412. The Morgan fingerprint density at radius 2 is 1.68 bits per heavy atom. The van der Waals surface area contributed by atoms with Crippen molar-refractivity contribution in [3.8, 4) is 16.9 Å². The van der Waals surface area contributed by atoms with E-state index in [4.69, 9.17) is 14.5 Å². The maximum atomic E-state index is 12.3. The van der Waals surface area contributed by atoms with Gasteiger partial charge in [0, 0.05) is 30.8 Å². The number of ether oxygens (including phenoxy) is 2. The molecule has 0 fully saturated rings. The minimum absolute atomic E-state index is 0.478. The lowest BCUT2D eigenvalue weighted by Crippen LogP contribution is -2.26. The molecule has 6 nitrogen and oxygen atoms in total. The lowest BCUT2D eigenvalue weighted by Gasteiger charge is -2.19. The van der Waals surface area contributed by atoms with E-state index in [2.05, 4.69) is 66.2 Å². The smallest absolute Gasteiger partial charge is 0.428 e. The first-order chi connectivity index (χ1) is 19.3. The van der Waals surface area contributed by atoms with Crippen molar-refractivity contribution in [3.63, 3.8) is 0 Å². The van der Waals surface area contributed by atoms with Crippen molar-refractivity contribution < 1.29 is 14.3 Å². The first-order valence-corrected chi connectivity index (χ1v) is 14.6. The molecule has 40 heavy (non-hydrogen) atoms. The molecular formula is C34H43N3O3. The number of nitrogens with zero attached hydrogens (tertiary/aromatic N) is 2. The Morgan fingerprint density at radius 3 is 2.40 bits per heavy atom. The Balaban J connectivity index is 1.54. The van der Waals surface area contributed by atoms with E-state index in [1.165, 1.54) is 24.8 Å². The first kappa shape index (κ1) is 29.2. The third kappa shape index (κ3) is 7.87. The van der Waals surface area contributed by atoms with E-state index in [1.54, 1.807) is 6.07 Å². The van der Waals surface area contributed by atoms with Gasteiger partial charge in [0.25, 0.3) is 0 Å². The van der Waals surface area contributed by atoms with Gasteiger partial charge in [0.15, 0.2) is 0 Å². The fourth-order valence-electron chi connectivity index (χ4n) is 4.73. The summed E-state index contributed by atoms with van der Waals surface area (Å²) >= 11 is 0. The first-order valence-electron chi connectivity index (χ1n) is 14.6. The van der Waals surface area contributed by atoms with Crippen LogP contribution in [-0.4, -0.2) is 27.9 Å². The molecule has 0 amide bonds. The number of hydrogen-bond donors (Lipinski definition) is 1. The van der Waals surface area contributed by atoms with Crippen LogP contribution in [0.5, 0.6) is 5.75 Å². The van der Waals surface area contributed by atoms with Crippen LogP contribution in [0.3, 0.4) is 0 Å². The third-order valence-electron chi connectivity index (χ3n) is 6.77. The Bertz CT molecular complexity index is 1400. The number of carbonyl (C=O) groups is 1. The molecule has 4 aromatic rings. The van der Waals surface area contributed by atoms with E-state index in [0.717, 1.165) is 66.0 Å². The molecule has 1 heterocycles. The number of anilines is 1. The summed E-state index contributed by atoms with van der Waals surface area (Å²) in [5, 5.41) is 3.55. The summed E-state index contributed by atoms with van der Waals surface area (Å²) in [6, 6.07) is 22.5. The van der Waals surface area contributed by atoms with Gasteiger partial charge in [-0.05, 0) is 69.0 Å². The van der Waals surface area contributed by atoms with Crippen molar-refractivity contribution in [2.24, 2.45) is 0 Å². The monoisotopic (exact) mass is 541 g/mol. The Labute approximate surface area is 238 Å². The summed E-state index contributed by atoms with van der Waals surface area (Å²) in [5.41, 5.74) is 5.72. The molecular weight excluding hydrogens is 498 g/mol. The second-order valence-corrected chi connectivity index (χ2v) is 11.3. The molecule has 0 unspecified atom stereocenters. The Morgan fingerprint density at radius 1 is 0.925 bits per heavy atom. The van der Waals surface area contributed by atoms with Gasteiger partial charge in [-0.25, -0.2) is 9.78 Å². The zero-order chi connectivity index (χ0) is 28.5. The maximum absolute atomic E-state index is 12.3. The van der Waals surface area contributed by atoms with Gasteiger partial charge in [-0.3, -0.25) is 0 Å². The predicted octanol–water partition coefficient (Wildman–Crippen LogP) is 9.01. The van der Waals surface area contributed by atoms with Crippen molar-refractivity contribution in [3.05, 3.63) is 78.1 Å². The molecule has 0 atom stereocenters. The maximum Gasteiger partial charge on any atom is 0.514 e. The molecule has 0 aliphatic carbocycles. The molecule has 3 aromatic carbocycles. The van der Waals surface area contributed by atoms with Crippen LogP contribution in [0.1, 0.15) is 78.1 Å². The average Bonchev–Trinajstić information content (AvgIpc) is 3.26. The summed E-state index contributed by atoms with van der Waals surface area (Å²) < 4.78 is 13.3. The van der Waals surface area contributed by atoms with Crippen LogP contribution in [0.2, 0.25) is 0 Å². The van der Waals surface area contributed by atoms with Crippen molar-refractivity contribution in [1.82, 2.24) is 9.55 Å². The van der Waals surface area contributed by atoms with Crippen LogP contribution in [0.25, 0.3) is 22.2 Å². The zero-order valence-electron chi connectivity index (χ0n) is 24.6. The van der Waals surface area contributed by atoms with Gasteiger partial charge >= 0.3 is 6.16 Å². The normalized spacial score (nSPS) is 11.5. The summed E-state index contributed by atoms with van der Waals surface area (Å²) in [7, 11) is 0. The van der Waals surface area contributed by atoms with Crippen molar-refractivity contribution in [1.29, 1.82) is 0 Å². The number of benzene rings is 3. The van der Waals surface area contributed by atoms with E-state index in [0.29, 0.717) is 5.75 Å². The van der Waals surface area contributed by atoms with E-state index >= 15 is 0 Å². The third-order valence-corrected chi connectivity index (χ3v) is 6.77. The highest BCUT2D eigenvalue weighted by molar-refractivity contribution is 5.80. The summed E-state index contributed by atoms with van der Waals surface area (Å²) in [6.07, 6.45) is 6.13. The number of hydrogen-bond acceptors (Lipinski definition) is 5. The zero-order valence-corrected chi connectivity index (χ0v) is 24.6. The minimum atomic E-state index is -0.706. The minimum Gasteiger partial charge on any atom is -0.428 e. The molecule has 0 radical (unpaired) electrons. The molecule has 0 spiro atoms. The standard InChI is InChI=1S/C34H43N3O3/c1-6-8-12-22-35-27-20-21-30-29(23-27)36-32(15-9-7-2)37(30)24-25-16-18-26(19-17-25)28-13-10-11-14-31(28)39-33(38)40-34(3,4)5/h10-11,13-14,16-21,23,35H,6-9,12,15,22,24H2,1-5H3. The number of imidazole rings is 1. The quantitative estimate of drug-likeness (QED) is 0.110. The van der Waals surface area contributed by atoms with E-state index in [9.17, 15) is 4.79 Å². The second kappa shape index (κ2) is 13.5. The van der Waals surface area contributed by atoms with Gasteiger partial charge in [-0.15, -0.1) is 0 Å². The van der Waals surface area contributed by atoms with Crippen LogP contribution >= 0.6 is 0 Å². The van der Waals surface area contributed by atoms with Crippen LogP contribution in [-0.2, 0) is 17.7 Å². The summed E-state index contributed by atoms with van der Waals surface area (Å²) in [5.74, 6) is 1.60. The number of fused-ring (bicyclic) bond motifs is 1. The van der Waals surface area contributed by atoms with E-state index in [1.807, 2.05) is 39.0 Å². The van der Waals surface area contributed by atoms with Crippen molar-refractivity contribution in [2.75, 3.05) is 11.9 Å². The van der Waals surface area contributed by atoms with Crippen LogP contribution in [0.4, 0.5) is 10.5 Å². The number of aromatic nitrogens is 2. The number of rotatable bonds is 12. The van der Waals surface area contributed by atoms with E-state index in [-0.39, 0.29) is 0 Å². The number of carbonyl (C=O) groups excluding carboxylic acids is 1. The number of para-hydroxylation sites is 1. The lowest BCUT2D eigenvalue weighted by molar-refractivity contribution is 0.0207. The summed E-state index contributed by atoms with van der Waals surface area (Å²) in [6.45, 7) is 11.6. The lowest BCUT2D eigenvalue weighted by atomic mass is 10.0. The van der Waals surface area contributed by atoms with Crippen LogP contribution in [0, 0.1) is 0 Å². The number of aryl methyl sites for hydroxylation is 1. The van der Waals surface area contributed by atoms with Gasteiger partial charge in [0.1, 0.15) is 17.2 Å². The molecule has 1 aromatic heterocycles. The largest absolute Gasteiger partial charge is 0.514 e. The summed E-state index contributed by atoms with van der Waals surface area (Å²) in [4.78, 5) is 17.3. The highest BCUT2D eigenvalue weighted by atomic mass is 16.7. The van der Waals surface area contributed by atoms with Gasteiger partial charge in [-0.1, -0.05) is 75.6 Å². The Hall–Kier alpha value is -3.80. The van der Waals surface area contributed by atoms with Crippen molar-refractivity contribution in [2.45, 2.75) is 85.3 Å².